The van der Waals surface area contributed by atoms with Crippen molar-refractivity contribution in [2.24, 2.45) is 58.2 Å². The van der Waals surface area contributed by atoms with Crippen molar-refractivity contribution in [3.8, 4) is 0 Å². The van der Waals surface area contributed by atoms with Crippen molar-refractivity contribution >= 4 is 0 Å². The van der Waals surface area contributed by atoms with E-state index in [4.69, 9.17) is 6.58 Å². The number of rotatable bonds is 6. The maximum Gasteiger partial charge on any atom is 0.0568 e. The van der Waals surface area contributed by atoms with Crippen LogP contribution < -0.4 is 0 Å². The lowest BCUT2D eigenvalue weighted by Gasteiger charge is -2.62. The third kappa shape index (κ3) is 3.87. The summed E-state index contributed by atoms with van der Waals surface area (Å²) < 4.78 is 0. The fourth-order valence-corrected chi connectivity index (χ4v) is 9.93. The standard InChI is InChI=1S/C30H52O/c1-8-22(19(2)3)10-9-20(4)24-13-14-26-23-11-12-25-21(5)28(31)16-18-30(25,7)27(23)15-17-29(24,26)6/h19,21-28,31H,4,8-18H2,1-3,5-7H3/t21-,22?,23-,24+,25-,26-,27-,28-,29+,30-/m0/s1. The fourth-order valence-electron chi connectivity index (χ4n) is 9.93. The Morgan fingerprint density at radius 3 is 2.26 bits per heavy atom. The normalized spacial score (nSPS) is 48.1. The smallest absolute Gasteiger partial charge is 0.0568 e. The molecule has 1 N–H and O–H groups in total. The average Bonchev–Trinajstić information content (AvgIpc) is 3.08. The highest BCUT2D eigenvalue weighted by molar-refractivity contribution is 5.17. The van der Waals surface area contributed by atoms with Gasteiger partial charge in [-0.2, -0.15) is 0 Å². The summed E-state index contributed by atoms with van der Waals surface area (Å²) in [5, 5.41) is 10.5. The number of fused-ring (bicyclic) bond motifs is 5. The first-order valence-corrected chi connectivity index (χ1v) is 14.0. The van der Waals surface area contributed by atoms with Gasteiger partial charge in [0.2, 0.25) is 0 Å². The maximum absolute atomic E-state index is 10.5. The van der Waals surface area contributed by atoms with Gasteiger partial charge in [0, 0.05) is 0 Å². The molecule has 0 heterocycles. The van der Waals surface area contributed by atoms with E-state index in [-0.39, 0.29) is 6.10 Å². The molecule has 4 aliphatic rings. The highest BCUT2D eigenvalue weighted by Gasteiger charge is 2.61. The molecule has 1 heteroatoms. The van der Waals surface area contributed by atoms with Crippen molar-refractivity contribution in [3.63, 3.8) is 0 Å². The first kappa shape index (κ1) is 23.8. The van der Waals surface area contributed by atoms with Crippen LogP contribution in [0.15, 0.2) is 12.2 Å². The lowest BCUT2D eigenvalue weighted by atomic mass is 9.43. The minimum atomic E-state index is -0.0551. The zero-order valence-electron chi connectivity index (χ0n) is 21.6. The highest BCUT2D eigenvalue weighted by atomic mass is 16.3. The molecule has 4 saturated carbocycles. The number of hydrogen-bond donors (Lipinski definition) is 1. The Bertz CT molecular complexity index is 651. The molecule has 178 valence electrons. The predicted molar refractivity (Wildman–Crippen MR) is 133 cm³/mol. The zero-order chi connectivity index (χ0) is 22.6. The lowest BCUT2D eigenvalue weighted by molar-refractivity contribution is -0.146. The molecule has 0 saturated heterocycles. The van der Waals surface area contributed by atoms with E-state index in [2.05, 4.69) is 41.5 Å². The first-order valence-electron chi connectivity index (χ1n) is 14.0. The molecular weight excluding hydrogens is 376 g/mol. The number of allylic oxidation sites excluding steroid dienone is 1. The van der Waals surface area contributed by atoms with Crippen LogP contribution in [-0.4, -0.2) is 11.2 Å². The Kier molecular flexibility index (Phi) is 6.78. The van der Waals surface area contributed by atoms with E-state index in [1.165, 1.54) is 64.2 Å². The zero-order valence-corrected chi connectivity index (χ0v) is 21.6. The molecule has 0 aromatic heterocycles. The summed E-state index contributed by atoms with van der Waals surface area (Å²) in [7, 11) is 0. The topological polar surface area (TPSA) is 20.2 Å². The van der Waals surface area contributed by atoms with Crippen molar-refractivity contribution in [1.82, 2.24) is 0 Å². The molecule has 0 aliphatic heterocycles. The third-order valence-corrected chi connectivity index (χ3v) is 12.0. The van der Waals surface area contributed by atoms with Crippen LogP contribution in [0, 0.1) is 58.2 Å². The Balaban J connectivity index is 1.47. The van der Waals surface area contributed by atoms with Gasteiger partial charge >= 0.3 is 0 Å². The summed E-state index contributed by atoms with van der Waals surface area (Å²) in [6.07, 6.45) is 14.6. The molecule has 0 radical (unpaired) electrons. The summed E-state index contributed by atoms with van der Waals surface area (Å²) in [5.41, 5.74) is 2.57. The SMILES string of the molecule is C=C(CCC(CC)C(C)C)[C@H]1CC[C@H]2[C@@H]3CC[C@H]4[C@H](C)[C@@H](O)CC[C@]4(C)[C@H]3CC[C@]12C. The molecule has 0 bridgehead atoms. The van der Waals surface area contributed by atoms with E-state index in [9.17, 15) is 5.11 Å². The van der Waals surface area contributed by atoms with E-state index in [1.54, 1.807) is 5.57 Å². The molecule has 0 amide bonds. The molecule has 0 aromatic carbocycles. The lowest BCUT2D eigenvalue weighted by Crippen LogP contribution is -2.56. The van der Waals surface area contributed by atoms with Gasteiger partial charge in [0.25, 0.3) is 0 Å². The Morgan fingerprint density at radius 1 is 0.935 bits per heavy atom. The first-order chi connectivity index (χ1) is 14.6. The van der Waals surface area contributed by atoms with Crippen LogP contribution in [0.5, 0.6) is 0 Å². The van der Waals surface area contributed by atoms with Crippen LogP contribution in [-0.2, 0) is 0 Å². The van der Waals surface area contributed by atoms with E-state index in [0.717, 1.165) is 47.8 Å². The second-order valence-corrected chi connectivity index (χ2v) is 13.3. The molecule has 4 fully saturated rings. The highest BCUT2D eigenvalue weighted by Crippen LogP contribution is 2.68. The Hall–Kier alpha value is -0.300. The third-order valence-electron chi connectivity index (χ3n) is 12.0. The average molecular weight is 429 g/mol. The minimum Gasteiger partial charge on any atom is -0.393 e. The molecule has 0 aromatic rings. The summed E-state index contributed by atoms with van der Waals surface area (Å²) in [6.45, 7) is 19.5. The summed E-state index contributed by atoms with van der Waals surface area (Å²) >= 11 is 0. The quantitative estimate of drug-likeness (QED) is 0.422. The van der Waals surface area contributed by atoms with Crippen molar-refractivity contribution in [3.05, 3.63) is 12.2 Å². The summed E-state index contributed by atoms with van der Waals surface area (Å²) in [5.74, 6) is 6.41. The maximum atomic E-state index is 10.5. The summed E-state index contributed by atoms with van der Waals surface area (Å²) in [4.78, 5) is 0. The summed E-state index contributed by atoms with van der Waals surface area (Å²) in [6, 6.07) is 0. The van der Waals surface area contributed by atoms with Crippen LogP contribution in [0.2, 0.25) is 0 Å². The second-order valence-electron chi connectivity index (χ2n) is 13.3. The van der Waals surface area contributed by atoms with E-state index < -0.39 is 0 Å². The molecule has 1 nitrogen and oxygen atoms in total. The molecule has 4 aliphatic carbocycles. The van der Waals surface area contributed by atoms with Crippen LogP contribution >= 0.6 is 0 Å². The van der Waals surface area contributed by atoms with Crippen molar-refractivity contribution in [2.75, 3.05) is 0 Å². The number of aliphatic hydroxyl groups excluding tert-OH is 1. The van der Waals surface area contributed by atoms with Crippen LogP contribution in [0.25, 0.3) is 0 Å². The van der Waals surface area contributed by atoms with Gasteiger partial charge in [-0.1, -0.05) is 60.1 Å². The van der Waals surface area contributed by atoms with Crippen LogP contribution in [0.4, 0.5) is 0 Å². The van der Waals surface area contributed by atoms with Gasteiger partial charge in [0.15, 0.2) is 0 Å². The second kappa shape index (κ2) is 8.81. The van der Waals surface area contributed by atoms with Gasteiger partial charge in [-0.3, -0.25) is 0 Å². The van der Waals surface area contributed by atoms with Crippen molar-refractivity contribution < 1.29 is 5.11 Å². The minimum absolute atomic E-state index is 0.0551. The number of hydrogen-bond acceptors (Lipinski definition) is 1. The van der Waals surface area contributed by atoms with E-state index in [0.29, 0.717) is 16.7 Å². The Labute approximate surface area is 193 Å². The predicted octanol–water partition coefficient (Wildman–Crippen LogP) is 8.27. The Morgan fingerprint density at radius 2 is 1.58 bits per heavy atom. The fraction of sp³-hybridized carbons (Fsp3) is 0.933. The molecular formula is C30H52O. The van der Waals surface area contributed by atoms with Gasteiger partial charge < -0.3 is 5.11 Å². The van der Waals surface area contributed by atoms with Crippen molar-refractivity contribution in [2.45, 2.75) is 118 Å². The molecule has 10 atom stereocenters. The van der Waals surface area contributed by atoms with Gasteiger partial charge in [-0.15, -0.1) is 0 Å². The molecule has 31 heavy (non-hydrogen) atoms. The van der Waals surface area contributed by atoms with Gasteiger partial charge in [0.05, 0.1) is 6.10 Å². The van der Waals surface area contributed by atoms with Crippen molar-refractivity contribution in [1.29, 1.82) is 0 Å². The molecule has 4 rings (SSSR count). The van der Waals surface area contributed by atoms with E-state index in [1.807, 2.05) is 0 Å². The molecule has 1 unspecified atom stereocenters. The van der Waals surface area contributed by atoms with E-state index >= 15 is 0 Å². The molecule has 0 spiro atoms. The van der Waals surface area contributed by atoms with Gasteiger partial charge in [0.1, 0.15) is 0 Å². The van der Waals surface area contributed by atoms with Gasteiger partial charge in [-0.05, 0) is 122 Å². The van der Waals surface area contributed by atoms with Gasteiger partial charge in [-0.25, -0.2) is 0 Å². The largest absolute Gasteiger partial charge is 0.393 e. The van der Waals surface area contributed by atoms with Crippen LogP contribution in [0.1, 0.15) is 112 Å². The monoisotopic (exact) mass is 428 g/mol. The number of aliphatic hydroxyl groups is 1. The van der Waals surface area contributed by atoms with Crippen LogP contribution in [0.3, 0.4) is 0 Å².